The Labute approximate surface area is 333 Å². The first kappa shape index (κ1) is 33.3. The lowest BCUT2D eigenvalue weighted by Crippen LogP contribution is -2.01. The van der Waals surface area contributed by atoms with Crippen molar-refractivity contribution in [2.75, 3.05) is 0 Å². The maximum atomic E-state index is 7.00. The van der Waals surface area contributed by atoms with Gasteiger partial charge in [0.25, 0.3) is 0 Å². The van der Waals surface area contributed by atoms with E-state index in [2.05, 4.69) is 148 Å². The van der Waals surface area contributed by atoms with Crippen LogP contribution in [0.1, 0.15) is 0 Å². The standard InChI is InChI=1S/C51H32N6O/c1-3-10-35(11-4-1)45-42-22-23-44-46(48(42)58-47(45)36-12-5-2-6-13-36)41-16-7-8-17-43(41)57(44)40-15-9-14-39(32-40)51-55-49(54-50(56-51)38-26-30-53-31-27-38)37-20-18-33(19-21-37)34-24-28-52-29-25-34/h1-32H. The molecule has 0 aliphatic carbocycles. The summed E-state index contributed by atoms with van der Waals surface area (Å²) in [5.41, 5.74) is 12.0. The Bertz CT molecular complexity index is 3250. The first-order valence-corrected chi connectivity index (χ1v) is 19.1. The van der Waals surface area contributed by atoms with Gasteiger partial charge in [-0.3, -0.25) is 9.97 Å². The van der Waals surface area contributed by atoms with Gasteiger partial charge in [0, 0.05) is 69.1 Å². The van der Waals surface area contributed by atoms with Gasteiger partial charge in [0.1, 0.15) is 11.3 Å². The first-order chi connectivity index (χ1) is 28.8. The Balaban J connectivity index is 1.09. The number of hydrogen-bond donors (Lipinski definition) is 0. The van der Waals surface area contributed by atoms with Crippen molar-refractivity contribution < 1.29 is 4.42 Å². The molecular weight excluding hydrogens is 713 g/mol. The van der Waals surface area contributed by atoms with Crippen molar-refractivity contribution in [3.63, 3.8) is 0 Å². The monoisotopic (exact) mass is 744 g/mol. The van der Waals surface area contributed by atoms with E-state index in [1.165, 1.54) is 0 Å². The topological polar surface area (TPSA) is 82.5 Å². The van der Waals surface area contributed by atoms with Crippen LogP contribution in [-0.4, -0.2) is 29.5 Å². The molecule has 0 saturated carbocycles. The maximum Gasteiger partial charge on any atom is 0.164 e. The average Bonchev–Trinajstić information content (AvgIpc) is 3.87. The zero-order valence-electron chi connectivity index (χ0n) is 31.1. The molecule has 11 aromatic rings. The van der Waals surface area contributed by atoms with Crippen LogP contribution in [0.2, 0.25) is 0 Å². The second-order valence-corrected chi connectivity index (χ2v) is 14.1. The van der Waals surface area contributed by atoms with Crippen LogP contribution in [0, 0.1) is 0 Å². The largest absolute Gasteiger partial charge is 0.455 e. The molecule has 7 heteroatoms. The van der Waals surface area contributed by atoms with Gasteiger partial charge in [0.2, 0.25) is 0 Å². The summed E-state index contributed by atoms with van der Waals surface area (Å²) in [6, 6.07) is 58.4. The van der Waals surface area contributed by atoms with Crippen LogP contribution in [0.15, 0.2) is 199 Å². The molecule has 0 fully saturated rings. The molecule has 0 radical (unpaired) electrons. The van der Waals surface area contributed by atoms with Gasteiger partial charge in [-0.25, -0.2) is 15.0 Å². The van der Waals surface area contributed by atoms with E-state index in [-0.39, 0.29) is 0 Å². The minimum Gasteiger partial charge on any atom is -0.455 e. The molecule has 0 amide bonds. The molecule has 0 atom stereocenters. The van der Waals surface area contributed by atoms with Crippen LogP contribution < -0.4 is 0 Å². The molecule has 58 heavy (non-hydrogen) atoms. The molecule has 0 spiro atoms. The van der Waals surface area contributed by atoms with Gasteiger partial charge in [0.15, 0.2) is 17.5 Å². The molecule has 0 saturated heterocycles. The van der Waals surface area contributed by atoms with Crippen LogP contribution in [0.4, 0.5) is 0 Å². The molecule has 0 aliphatic rings. The summed E-state index contributed by atoms with van der Waals surface area (Å²) in [5.74, 6) is 2.59. The Morgan fingerprint density at radius 3 is 1.64 bits per heavy atom. The van der Waals surface area contributed by atoms with Gasteiger partial charge in [-0.1, -0.05) is 115 Å². The highest BCUT2D eigenvalue weighted by Crippen LogP contribution is 2.46. The Hall–Kier alpha value is -8.03. The number of benzene rings is 6. The second-order valence-electron chi connectivity index (χ2n) is 14.1. The number of furan rings is 1. The quantitative estimate of drug-likeness (QED) is 0.162. The smallest absolute Gasteiger partial charge is 0.164 e. The van der Waals surface area contributed by atoms with Crippen LogP contribution in [0.25, 0.3) is 106 Å². The average molecular weight is 745 g/mol. The zero-order valence-corrected chi connectivity index (χ0v) is 31.1. The molecule has 0 N–H and O–H groups in total. The first-order valence-electron chi connectivity index (χ1n) is 19.1. The number of nitrogens with zero attached hydrogens (tertiary/aromatic N) is 6. The van der Waals surface area contributed by atoms with Gasteiger partial charge in [-0.05, 0) is 71.3 Å². The predicted molar refractivity (Wildman–Crippen MR) is 232 cm³/mol. The summed E-state index contributed by atoms with van der Waals surface area (Å²) < 4.78 is 9.31. The summed E-state index contributed by atoms with van der Waals surface area (Å²) in [6.45, 7) is 0. The molecular formula is C51H32N6O. The summed E-state index contributed by atoms with van der Waals surface area (Å²) in [4.78, 5) is 23.5. The van der Waals surface area contributed by atoms with Crippen molar-refractivity contribution in [3.8, 4) is 73.4 Å². The van der Waals surface area contributed by atoms with E-state index in [1.54, 1.807) is 24.8 Å². The van der Waals surface area contributed by atoms with E-state index in [0.717, 1.165) is 88.7 Å². The highest BCUT2D eigenvalue weighted by Gasteiger charge is 2.23. The Morgan fingerprint density at radius 2 is 0.931 bits per heavy atom. The SMILES string of the molecule is c1ccc(-c2oc3c(ccc4c3c3ccccc3n4-c3cccc(-c4nc(-c5ccncc5)nc(-c5ccc(-c6ccncc6)cc5)n4)c3)c2-c2ccccc2)cc1. The molecule has 0 unspecified atom stereocenters. The van der Waals surface area contributed by atoms with Gasteiger partial charge >= 0.3 is 0 Å². The third-order valence-corrected chi connectivity index (χ3v) is 10.7. The fraction of sp³-hybridized carbons (Fsp3) is 0. The van der Waals surface area contributed by atoms with Gasteiger partial charge in [0.05, 0.1) is 16.4 Å². The van der Waals surface area contributed by atoms with Crippen molar-refractivity contribution >= 4 is 32.8 Å². The summed E-state index contributed by atoms with van der Waals surface area (Å²) in [5, 5.41) is 3.25. The third kappa shape index (κ3) is 5.72. The van der Waals surface area contributed by atoms with Crippen LogP contribution in [-0.2, 0) is 0 Å². The van der Waals surface area contributed by atoms with Crippen molar-refractivity contribution in [1.82, 2.24) is 29.5 Å². The van der Waals surface area contributed by atoms with Crippen molar-refractivity contribution in [2.45, 2.75) is 0 Å². The van der Waals surface area contributed by atoms with Crippen molar-refractivity contribution in [2.24, 2.45) is 0 Å². The lowest BCUT2D eigenvalue weighted by atomic mass is 9.98. The fourth-order valence-corrected chi connectivity index (χ4v) is 7.97. The molecule has 272 valence electrons. The van der Waals surface area contributed by atoms with Crippen molar-refractivity contribution in [1.29, 1.82) is 0 Å². The second kappa shape index (κ2) is 13.9. The van der Waals surface area contributed by atoms with Crippen LogP contribution >= 0.6 is 0 Å². The number of pyridine rings is 2. The Kier molecular flexibility index (Phi) is 8.00. The molecule has 5 heterocycles. The third-order valence-electron chi connectivity index (χ3n) is 10.7. The summed E-state index contributed by atoms with van der Waals surface area (Å²) in [6.07, 6.45) is 7.12. The number of rotatable bonds is 7. The molecule has 0 aliphatic heterocycles. The number of hydrogen-bond acceptors (Lipinski definition) is 6. The number of aromatic nitrogens is 6. The number of fused-ring (bicyclic) bond motifs is 5. The lowest BCUT2D eigenvalue weighted by molar-refractivity contribution is 0.636. The Morgan fingerprint density at radius 1 is 0.379 bits per heavy atom. The minimum absolute atomic E-state index is 0.575. The van der Waals surface area contributed by atoms with Crippen LogP contribution in [0.3, 0.4) is 0 Å². The molecule has 11 rings (SSSR count). The van der Waals surface area contributed by atoms with E-state index >= 15 is 0 Å². The van der Waals surface area contributed by atoms with E-state index in [0.29, 0.717) is 17.5 Å². The fourth-order valence-electron chi connectivity index (χ4n) is 7.97. The number of para-hydroxylation sites is 1. The molecule has 7 nitrogen and oxygen atoms in total. The normalized spacial score (nSPS) is 11.4. The van der Waals surface area contributed by atoms with E-state index in [4.69, 9.17) is 19.4 Å². The predicted octanol–water partition coefficient (Wildman–Crippen LogP) is 12.5. The lowest BCUT2D eigenvalue weighted by Gasteiger charge is -2.12. The minimum atomic E-state index is 0.575. The highest BCUT2D eigenvalue weighted by atomic mass is 16.3. The highest BCUT2D eigenvalue weighted by molar-refractivity contribution is 6.22. The van der Waals surface area contributed by atoms with Gasteiger partial charge in [-0.15, -0.1) is 0 Å². The zero-order chi connectivity index (χ0) is 38.4. The summed E-state index contributed by atoms with van der Waals surface area (Å²) >= 11 is 0. The van der Waals surface area contributed by atoms with E-state index in [1.807, 2.05) is 36.4 Å². The van der Waals surface area contributed by atoms with Gasteiger partial charge in [-0.2, -0.15) is 0 Å². The van der Waals surface area contributed by atoms with Crippen LogP contribution in [0.5, 0.6) is 0 Å². The van der Waals surface area contributed by atoms with Crippen molar-refractivity contribution in [3.05, 3.63) is 195 Å². The maximum absolute atomic E-state index is 7.00. The van der Waals surface area contributed by atoms with E-state index < -0.39 is 0 Å². The molecule has 0 bridgehead atoms. The molecule has 6 aromatic carbocycles. The molecule has 5 aromatic heterocycles. The summed E-state index contributed by atoms with van der Waals surface area (Å²) in [7, 11) is 0. The van der Waals surface area contributed by atoms with Gasteiger partial charge < -0.3 is 8.98 Å². The van der Waals surface area contributed by atoms with E-state index in [9.17, 15) is 0 Å².